The summed E-state index contributed by atoms with van der Waals surface area (Å²) in [6.07, 6.45) is 0.388. The van der Waals surface area contributed by atoms with E-state index < -0.39 is 36.5 Å². The summed E-state index contributed by atoms with van der Waals surface area (Å²) in [6, 6.07) is 11.9. The van der Waals surface area contributed by atoms with Crippen molar-refractivity contribution in [1.82, 2.24) is 40.4 Å². The van der Waals surface area contributed by atoms with Crippen molar-refractivity contribution in [3.63, 3.8) is 0 Å². The van der Waals surface area contributed by atoms with E-state index in [1.54, 1.807) is 23.6 Å². The molecule has 0 aliphatic carbocycles. The van der Waals surface area contributed by atoms with E-state index in [4.69, 9.17) is 33.7 Å². The van der Waals surface area contributed by atoms with Crippen LogP contribution in [0.1, 0.15) is 88.4 Å². The monoisotopic (exact) mass is 864 g/mol. The van der Waals surface area contributed by atoms with Gasteiger partial charge in [-0.2, -0.15) is 0 Å². The van der Waals surface area contributed by atoms with Gasteiger partial charge in [-0.05, 0) is 101 Å². The number of benzene rings is 3. The lowest BCUT2D eigenvalue weighted by Crippen LogP contribution is -2.55. The Kier molecular flexibility index (Phi) is 12.1. The highest BCUT2D eigenvalue weighted by molar-refractivity contribution is 6.07. The molecule has 5 heterocycles. The van der Waals surface area contributed by atoms with Crippen LogP contribution in [0.5, 0.6) is 5.75 Å². The fraction of sp³-hybridized carbons (Fsp3) is 0.478. The Morgan fingerprint density at radius 2 is 1.33 bits per heavy atom. The number of alkyl carbamates (subject to hydrolysis) is 2. The van der Waals surface area contributed by atoms with Crippen LogP contribution in [-0.2, 0) is 35.1 Å². The molecule has 0 radical (unpaired) electrons. The lowest BCUT2D eigenvalue weighted by Gasteiger charge is -2.33. The number of carbonyl (C=O) groups is 4. The standard InChI is InChI=1S/C46H56N8O9/c1-22-10-16-34(53(22)43(55)38(25(4)59-6)51-45(57)61-8)41-47-24(3)37(49-41)28-12-14-30-29(18-28)21-63-36-20-31-27(19-32(30)36)13-15-33-40(31)50-42(48-33)35-17-11-23(2)54(35)44(56)39(26(5)60-7)52-46(58)62-9/h12-15,18-20,22-23,25-26,34-35,38-39H,10-11,16-17,21H2,1-9H3,(H,47,49)(H,48,50)(H,51,57)(H,52,58)/t22-,23-,25+,26+,34-,35-,38-,39?/m0/s1. The summed E-state index contributed by atoms with van der Waals surface area (Å²) in [4.78, 5) is 73.3. The second-order valence-electron chi connectivity index (χ2n) is 16.9. The van der Waals surface area contributed by atoms with Crippen LogP contribution in [0.4, 0.5) is 9.59 Å². The van der Waals surface area contributed by atoms with Crippen LogP contribution in [0.25, 0.3) is 44.2 Å². The van der Waals surface area contributed by atoms with Crippen molar-refractivity contribution in [3.8, 4) is 28.1 Å². The van der Waals surface area contributed by atoms with Crippen LogP contribution in [0.3, 0.4) is 0 Å². The second kappa shape index (κ2) is 17.5. The molecule has 3 aliphatic rings. The minimum absolute atomic E-state index is 0.0794. The number of hydrogen-bond acceptors (Lipinski definition) is 11. The molecular formula is C46H56N8O9. The number of likely N-dealkylation sites (tertiary alicyclic amines) is 2. The molecule has 0 spiro atoms. The number of hydrogen-bond donors (Lipinski definition) is 4. The van der Waals surface area contributed by atoms with Gasteiger partial charge in [0.15, 0.2) is 0 Å². The Hall–Kier alpha value is -6.20. The molecule has 4 amide bonds. The zero-order valence-electron chi connectivity index (χ0n) is 37.2. The smallest absolute Gasteiger partial charge is 0.407 e. The number of nitrogens with zero attached hydrogens (tertiary/aromatic N) is 4. The van der Waals surface area contributed by atoms with Gasteiger partial charge in [-0.3, -0.25) is 9.59 Å². The Morgan fingerprint density at radius 1 is 0.746 bits per heavy atom. The van der Waals surface area contributed by atoms with E-state index in [1.807, 2.05) is 32.9 Å². The second-order valence-corrected chi connectivity index (χ2v) is 16.9. The van der Waals surface area contributed by atoms with Gasteiger partial charge >= 0.3 is 12.2 Å². The first-order valence-corrected chi connectivity index (χ1v) is 21.4. The lowest BCUT2D eigenvalue weighted by atomic mass is 9.92. The van der Waals surface area contributed by atoms with Crippen LogP contribution in [-0.4, -0.2) is 119 Å². The van der Waals surface area contributed by atoms with E-state index in [9.17, 15) is 19.2 Å². The third-order valence-corrected chi connectivity index (χ3v) is 13.2. The number of rotatable bonds is 11. The Bertz CT molecular complexity index is 2570. The molecule has 2 saturated heterocycles. The number of aromatic nitrogens is 4. The highest BCUT2D eigenvalue weighted by Gasteiger charge is 2.44. The van der Waals surface area contributed by atoms with Crippen LogP contribution >= 0.6 is 0 Å². The maximum atomic E-state index is 14.1. The molecule has 0 saturated carbocycles. The van der Waals surface area contributed by atoms with Crippen molar-refractivity contribution in [1.29, 1.82) is 0 Å². The molecule has 334 valence electrons. The molecule has 17 heteroatoms. The molecule has 17 nitrogen and oxygen atoms in total. The fourth-order valence-electron chi connectivity index (χ4n) is 9.51. The minimum Gasteiger partial charge on any atom is -0.488 e. The van der Waals surface area contributed by atoms with E-state index in [2.05, 4.69) is 50.9 Å². The van der Waals surface area contributed by atoms with E-state index in [0.29, 0.717) is 31.1 Å². The third kappa shape index (κ3) is 7.92. The number of aromatic amines is 2. The maximum absolute atomic E-state index is 14.1. The summed E-state index contributed by atoms with van der Waals surface area (Å²) in [5.41, 5.74) is 7.26. The summed E-state index contributed by atoms with van der Waals surface area (Å²) < 4.78 is 27.0. The van der Waals surface area contributed by atoms with Gasteiger partial charge in [0.25, 0.3) is 0 Å². The highest BCUT2D eigenvalue weighted by Crippen LogP contribution is 2.44. The van der Waals surface area contributed by atoms with Gasteiger partial charge in [0.1, 0.15) is 36.1 Å². The highest BCUT2D eigenvalue weighted by atomic mass is 16.5. The molecule has 63 heavy (non-hydrogen) atoms. The number of imidazole rings is 2. The first kappa shape index (κ1) is 43.4. The molecule has 4 N–H and O–H groups in total. The Labute approximate surface area is 365 Å². The van der Waals surface area contributed by atoms with E-state index in [-0.39, 0.29) is 36.0 Å². The average Bonchev–Trinajstić information content (AvgIpc) is 4.10. The first-order valence-electron chi connectivity index (χ1n) is 21.4. The summed E-state index contributed by atoms with van der Waals surface area (Å²) in [6.45, 7) is 9.82. The molecule has 1 unspecified atom stereocenters. The van der Waals surface area contributed by atoms with Crippen molar-refractivity contribution in [2.24, 2.45) is 0 Å². The van der Waals surface area contributed by atoms with Crippen molar-refractivity contribution < 1.29 is 42.9 Å². The number of methoxy groups -OCH3 is 4. The Balaban J connectivity index is 1.06. The fourth-order valence-corrected chi connectivity index (χ4v) is 9.51. The van der Waals surface area contributed by atoms with Crippen molar-refractivity contribution in [2.75, 3.05) is 28.4 Å². The topological polar surface area (TPSA) is 202 Å². The molecular weight excluding hydrogens is 809 g/mol. The van der Waals surface area contributed by atoms with Gasteiger partial charge in [0, 0.05) is 48.5 Å². The predicted molar refractivity (Wildman–Crippen MR) is 234 cm³/mol. The number of aryl methyl sites for hydroxylation is 1. The minimum atomic E-state index is -0.939. The van der Waals surface area contributed by atoms with Gasteiger partial charge in [0.2, 0.25) is 11.8 Å². The van der Waals surface area contributed by atoms with E-state index in [0.717, 1.165) is 74.0 Å². The number of nitrogens with one attached hydrogen (secondary N) is 4. The molecule has 2 aromatic heterocycles. The quantitative estimate of drug-likeness (QED) is 0.112. The SMILES string of the molecule is COC(=O)NC(C(=O)N1[C@@H](C)CC[C@H]1c1nc2c(ccc3cc4c(cc32)OCc2cc(-c3nc([C@@H]5CC[C@H](C)N5C(=O)[C@@H](NC(=O)OC)[C@@H](C)OC)[nH]c3C)ccc2-4)[nH]1)[C@@H](C)OC. The molecule has 2 fully saturated rings. The normalized spacial score (nSPS) is 21.3. The number of fused-ring (bicyclic) bond motifs is 6. The van der Waals surface area contributed by atoms with Crippen LogP contribution in [0.2, 0.25) is 0 Å². The molecule has 0 bridgehead atoms. The molecule has 8 atom stereocenters. The average molecular weight is 865 g/mol. The van der Waals surface area contributed by atoms with Crippen LogP contribution in [0, 0.1) is 6.92 Å². The van der Waals surface area contributed by atoms with Crippen LogP contribution < -0.4 is 15.4 Å². The van der Waals surface area contributed by atoms with Crippen molar-refractivity contribution in [2.45, 2.75) is 115 Å². The van der Waals surface area contributed by atoms with Crippen molar-refractivity contribution >= 4 is 45.8 Å². The van der Waals surface area contributed by atoms with Gasteiger partial charge < -0.3 is 54.1 Å². The maximum Gasteiger partial charge on any atom is 0.407 e. The summed E-state index contributed by atoms with van der Waals surface area (Å²) in [5, 5.41) is 7.24. The summed E-state index contributed by atoms with van der Waals surface area (Å²) in [5.74, 6) is 1.58. The summed E-state index contributed by atoms with van der Waals surface area (Å²) in [7, 11) is 5.53. The number of H-pyrrole nitrogens is 2. The number of ether oxygens (including phenoxy) is 5. The molecule has 5 aromatic rings. The van der Waals surface area contributed by atoms with Gasteiger partial charge in [-0.25, -0.2) is 19.6 Å². The van der Waals surface area contributed by atoms with Gasteiger partial charge in [-0.15, -0.1) is 0 Å². The molecule has 8 rings (SSSR count). The van der Waals surface area contributed by atoms with Gasteiger partial charge in [-0.1, -0.05) is 18.2 Å². The lowest BCUT2D eigenvalue weighted by molar-refractivity contribution is -0.140. The van der Waals surface area contributed by atoms with Gasteiger partial charge in [0.05, 0.1) is 55.2 Å². The van der Waals surface area contributed by atoms with Crippen molar-refractivity contribution in [3.05, 3.63) is 65.4 Å². The van der Waals surface area contributed by atoms with E-state index >= 15 is 0 Å². The summed E-state index contributed by atoms with van der Waals surface area (Å²) >= 11 is 0. The number of amides is 4. The zero-order valence-corrected chi connectivity index (χ0v) is 37.2. The Morgan fingerprint density at radius 3 is 1.90 bits per heavy atom. The van der Waals surface area contributed by atoms with Crippen LogP contribution in [0.15, 0.2) is 42.5 Å². The predicted octanol–water partition coefficient (Wildman–Crippen LogP) is 6.60. The molecule has 3 aromatic carbocycles. The largest absolute Gasteiger partial charge is 0.488 e. The van der Waals surface area contributed by atoms with E-state index in [1.165, 1.54) is 28.4 Å². The number of carbonyl (C=O) groups excluding carboxylic acids is 4. The molecule has 3 aliphatic heterocycles. The third-order valence-electron chi connectivity index (χ3n) is 13.2. The first-order chi connectivity index (χ1) is 30.3. The zero-order chi connectivity index (χ0) is 44.9.